The molecule has 1 unspecified atom stereocenters. The lowest BCUT2D eigenvalue weighted by Gasteiger charge is -2.12. The van der Waals surface area contributed by atoms with Gasteiger partial charge in [0.25, 0.3) is 0 Å². The highest BCUT2D eigenvalue weighted by Gasteiger charge is 2.26. The van der Waals surface area contributed by atoms with Gasteiger partial charge in [0, 0.05) is 11.3 Å². The number of rotatable bonds is 5. The number of nitrogens with one attached hydrogen (secondary N) is 1. The van der Waals surface area contributed by atoms with Crippen molar-refractivity contribution in [2.24, 2.45) is 11.7 Å². The molecular weight excluding hydrogens is 288 g/mol. The number of ether oxygens (including phenoxy) is 1. The van der Waals surface area contributed by atoms with Gasteiger partial charge in [-0.2, -0.15) is 0 Å². The van der Waals surface area contributed by atoms with Crippen molar-refractivity contribution in [1.82, 2.24) is 0 Å². The molecule has 0 aliphatic heterocycles. The summed E-state index contributed by atoms with van der Waals surface area (Å²) in [5.74, 6) is -0.338. The van der Waals surface area contributed by atoms with Crippen LogP contribution >= 0.6 is 11.3 Å². The quantitative estimate of drug-likeness (QED) is 0.818. The van der Waals surface area contributed by atoms with Crippen LogP contribution in [0.2, 0.25) is 0 Å². The van der Waals surface area contributed by atoms with Crippen molar-refractivity contribution < 1.29 is 14.3 Å². The van der Waals surface area contributed by atoms with E-state index in [4.69, 9.17) is 10.5 Å². The average molecular weight is 310 g/mol. The van der Waals surface area contributed by atoms with Crippen molar-refractivity contribution in [3.8, 4) is 0 Å². The van der Waals surface area contributed by atoms with Gasteiger partial charge >= 0.3 is 5.97 Å². The van der Waals surface area contributed by atoms with E-state index in [0.29, 0.717) is 23.5 Å². The number of carbonyl (C=O) groups is 2. The van der Waals surface area contributed by atoms with Crippen LogP contribution in [0.3, 0.4) is 0 Å². The fourth-order valence-electron chi connectivity index (χ4n) is 2.55. The maximum Gasteiger partial charge on any atom is 0.341 e. The number of fused-ring (bicyclic) bond motifs is 1. The van der Waals surface area contributed by atoms with Crippen molar-refractivity contribution >= 4 is 28.2 Å². The van der Waals surface area contributed by atoms with Crippen LogP contribution < -0.4 is 11.1 Å². The molecule has 0 aromatic carbocycles. The third kappa shape index (κ3) is 3.63. The molecule has 2 rings (SSSR count). The van der Waals surface area contributed by atoms with E-state index in [1.165, 1.54) is 23.3 Å². The summed E-state index contributed by atoms with van der Waals surface area (Å²) in [6.07, 6.45) is 4.42. The number of thiophene rings is 1. The first kappa shape index (κ1) is 16.0. The highest BCUT2D eigenvalue weighted by atomic mass is 32.1. The molecule has 0 saturated heterocycles. The molecular formula is C15H22N2O3S. The number of esters is 1. The molecule has 1 aliphatic rings. The molecule has 0 bridgehead atoms. The molecule has 1 aliphatic carbocycles. The van der Waals surface area contributed by atoms with Crippen LogP contribution in [-0.4, -0.2) is 25.5 Å². The lowest BCUT2D eigenvalue weighted by Crippen LogP contribution is -2.20. The Morgan fingerprint density at radius 1 is 1.38 bits per heavy atom. The molecule has 0 radical (unpaired) electrons. The average Bonchev–Trinajstić information content (AvgIpc) is 2.83. The number of hydrogen-bond donors (Lipinski definition) is 2. The third-order valence-electron chi connectivity index (χ3n) is 3.75. The molecule has 1 aromatic heterocycles. The van der Waals surface area contributed by atoms with Crippen molar-refractivity contribution in [3.63, 3.8) is 0 Å². The smallest absolute Gasteiger partial charge is 0.341 e. The Balaban J connectivity index is 2.24. The van der Waals surface area contributed by atoms with Gasteiger partial charge in [0.2, 0.25) is 5.91 Å². The number of hydrogen-bond acceptors (Lipinski definition) is 5. The van der Waals surface area contributed by atoms with Gasteiger partial charge < -0.3 is 15.8 Å². The predicted octanol–water partition coefficient (Wildman–Crippen LogP) is 2.34. The van der Waals surface area contributed by atoms with Gasteiger partial charge in [-0.25, -0.2) is 4.79 Å². The molecule has 0 spiro atoms. The zero-order chi connectivity index (χ0) is 15.4. The summed E-state index contributed by atoms with van der Waals surface area (Å²) in [5, 5.41) is 3.50. The Labute approximate surface area is 128 Å². The fourth-order valence-corrected chi connectivity index (χ4v) is 3.84. The van der Waals surface area contributed by atoms with Crippen LogP contribution in [0.5, 0.6) is 0 Å². The molecule has 5 nitrogen and oxygen atoms in total. The first-order valence-corrected chi connectivity index (χ1v) is 8.11. The zero-order valence-corrected chi connectivity index (χ0v) is 13.3. The number of aryl methyl sites for hydroxylation is 1. The molecule has 0 fully saturated rings. The lowest BCUT2D eigenvalue weighted by molar-refractivity contribution is -0.116. The van der Waals surface area contributed by atoms with Gasteiger partial charge in [0.1, 0.15) is 5.00 Å². The topological polar surface area (TPSA) is 81.4 Å². The highest BCUT2D eigenvalue weighted by molar-refractivity contribution is 7.17. The molecule has 21 heavy (non-hydrogen) atoms. The predicted molar refractivity (Wildman–Crippen MR) is 83.8 cm³/mol. The Hall–Kier alpha value is -1.40. The highest BCUT2D eigenvalue weighted by Crippen LogP contribution is 2.38. The van der Waals surface area contributed by atoms with E-state index < -0.39 is 0 Å². The van der Waals surface area contributed by atoms with E-state index in [9.17, 15) is 9.59 Å². The normalized spacial score (nSPS) is 15.2. The number of carbonyl (C=O) groups excluding carboxylic acids is 2. The number of amides is 1. The molecule has 1 heterocycles. The molecule has 1 amide bonds. The van der Waals surface area contributed by atoms with Gasteiger partial charge in [0.15, 0.2) is 0 Å². The summed E-state index contributed by atoms with van der Waals surface area (Å²) in [7, 11) is 1.37. The van der Waals surface area contributed by atoms with Crippen molar-refractivity contribution in [3.05, 3.63) is 16.0 Å². The minimum atomic E-state index is -0.364. The summed E-state index contributed by atoms with van der Waals surface area (Å²) in [6.45, 7) is 2.40. The molecule has 3 N–H and O–H groups in total. The largest absolute Gasteiger partial charge is 0.465 e. The first-order valence-electron chi connectivity index (χ1n) is 7.29. The minimum Gasteiger partial charge on any atom is -0.465 e. The number of nitrogens with two attached hydrogens (primary N) is 1. The van der Waals surface area contributed by atoms with Gasteiger partial charge in [0.05, 0.1) is 12.7 Å². The number of methoxy groups -OCH3 is 1. The lowest BCUT2D eigenvalue weighted by atomic mass is 9.95. The van der Waals surface area contributed by atoms with Crippen LogP contribution in [0.4, 0.5) is 5.00 Å². The van der Waals surface area contributed by atoms with Crippen LogP contribution in [0, 0.1) is 5.92 Å². The standard InChI is InChI=1S/C15H22N2O3S/c1-9(8-16)7-12(18)17-14-13(15(19)20-2)10-5-3-4-6-11(10)21-14/h9H,3-8,16H2,1-2H3,(H,17,18). The minimum absolute atomic E-state index is 0.100. The summed E-state index contributed by atoms with van der Waals surface area (Å²) >= 11 is 1.50. The molecule has 1 atom stereocenters. The summed E-state index contributed by atoms with van der Waals surface area (Å²) in [5.41, 5.74) is 7.14. The Morgan fingerprint density at radius 3 is 2.76 bits per heavy atom. The van der Waals surface area contributed by atoms with Crippen LogP contribution in [0.25, 0.3) is 0 Å². The van der Waals surface area contributed by atoms with E-state index in [2.05, 4.69) is 5.32 Å². The maximum atomic E-state index is 12.0. The summed E-state index contributed by atoms with van der Waals surface area (Å²) in [4.78, 5) is 25.3. The fraction of sp³-hybridized carbons (Fsp3) is 0.600. The van der Waals surface area contributed by atoms with Crippen molar-refractivity contribution in [1.29, 1.82) is 0 Å². The van der Waals surface area contributed by atoms with Crippen LogP contribution in [0.1, 0.15) is 47.0 Å². The first-order chi connectivity index (χ1) is 10.1. The SMILES string of the molecule is COC(=O)c1c(NC(=O)CC(C)CN)sc2c1CCCC2. The second kappa shape index (κ2) is 7.04. The Morgan fingerprint density at radius 2 is 2.10 bits per heavy atom. The van der Waals surface area contributed by atoms with Gasteiger partial charge in [-0.3, -0.25) is 4.79 Å². The second-order valence-corrected chi connectivity index (χ2v) is 6.60. The van der Waals surface area contributed by atoms with Gasteiger partial charge in [-0.15, -0.1) is 11.3 Å². The summed E-state index contributed by atoms with van der Waals surface area (Å²) < 4.78 is 4.88. The van der Waals surface area contributed by atoms with Gasteiger partial charge in [-0.05, 0) is 43.7 Å². The molecule has 6 heteroatoms. The van der Waals surface area contributed by atoms with Crippen molar-refractivity contribution in [2.45, 2.75) is 39.0 Å². The van der Waals surface area contributed by atoms with Gasteiger partial charge in [-0.1, -0.05) is 6.92 Å². The van der Waals surface area contributed by atoms with E-state index in [0.717, 1.165) is 31.2 Å². The summed E-state index contributed by atoms with van der Waals surface area (Å²) in [6, 6.07) is 0. The number of anilines is 1. The van der Waals surface area contributed by atoms with Crippen LogP contribution in [-0.2, 0) is 22.4 Å². The zero-order valence-electron chi connectivity index (χ0n) is 12.5. The second-order valence-electron chi connectivity index (χ2n) is 5.50. The molecule has 1 aromatic rings. The monoisotopic (exact) mass is 310 g/mol. The van der Waals surface area contributed by atoms with E-state index in [1.54, 1.807) is 0 Å². The Bertz CT molecular complexity index is 539. The Kier molecular flexibility index (Phi) is 5.36. The van der Waals surface area contributed by atoms with Crippen LogP contribution in [0.15, 0.2) is 0 Å². The van der Waals surface area contributed by atoms with Crippen molar-refractivity contribution in [2.75, 3.05) is 19.0 Å². The van der Waals surface area contributed by atoms with E-state index in [-0.39, 0.29) is 17.8 Å². The third-order valence-corrected chi connectivity index (χ3v) is 4.96. The molecule has 116 valence electrons. The van der Waals surface area contributed by atoms with E-state index in [1.807, 2.05) is 6.92 Å². The maximum absolute atomic E-state index is 12.0. The molecule has 0 saturated carbocycles. The van der Waals surface area contributed by atoms with E-state index >= 15 is 0 Å².